The maximum Gasteiger partial charge on any atom is 0.347 e. The van der Waals surface area contributed by atoms with E-state index in [9.17, 15) is 14.4 Å². The predicted molar refractivity (Wildman–Crippen MR) is 61.0 cm³/mol. The monoisotopic (exact) mass is 246 g/mol. The minimum atomic E-state index is -0.652. The molecule has 0 saturated heterocycles. The summed E-state index contributed by atoms with van der Waals surface area (Å²) in [5.41, 5.74) is 1.14. The lowest BCUT2D eigenvalue weighted by atomic mass is 10.0. The highest BCUT2D eigenvalue weighted by atomic mass is 16.6. The Morgan fingerprint density at radius 3 is 2.83 bits per heavy atom. The number of fused-ring (bicyclic) bond motifs is 1. The van der Waals surface area contributed by atoms with Gasteiger partial charge in [0.15, 0.2) is 0 Å². The fourth-order valence-electron chi connectivity index (χ4n) is 1.73. The van der Waals surface area contributed by atoms with Crippen LogP contribution < -0.4 is 0 Å². The Balaban J connectivity index is 2.15. The molecule has 0 saturated carbocycles. The summed E-state index contributed by atoms with van der Waals surface area (Å²) in [7, 11) is 0. The van der Waals surface area contributed by atoms with Crippen molar-refractivity contribution in [2.24, 2.45) is 0 Å². The molecule has 0 amide bonds. The van der Waals surface area contributed by atoms with Crippen LogP contribution in [0, 0.1) is 0 Å². The third-order valence-corrected chi connectivity index (χ3v) is 2.54. The van der Waals surface area contributed by atoms with E-state index >= 15 is 0 Å². The van der Waals surface area contributed by atoms with Gasteiger partial charge in [-0.3, -0.25) is 0 Å². The van der Waals surface area contributed by atoms with Crippen molar-refractivity contribution in [3.8, 4) is 0 Å². The molecule has 0 aromatic heterocycles. The van der Waals surface area contributed by atoms with Crippen molar-refractivity contribution in [2.75, 3.05) is 6.61 Å². The van der Waals surface area contributed by atoms with Gasteiger partial charge in [-0.2, -0.15) is 0 Å². The van der Waals surface area contributed by atoms with E-state index < -0.39 is 17.9 Å². The smallest absolute Gasteiger partial charge is 0.347 e. The average Bonchev–Trinajstić information content (AvgIpc) is 2.66. The number of cyclic esters (lactones) is 2. The van der Waals surface area contributed by atoms with Crippen LogP contribution in [0.15, 0.2) is 30.9 Å². The lowest BCUT2D eigenvalue weighted by Crippen LogP contribution is -2.07. The highest BCUT2D eigenvalue weighted by Crippen LogP contribution is 2.23. The molecule has 1 heterocycles. The Morgan fingerprint density at radius 1 is 1.33 bits per heavy atom. The molecule has 92 valence electrons. The number of ether oxygens (including phenoxy) is 2. The topological polar surface area (TPSA) is 69.7 Å². The summed E-state index contributed by atoms with van der Waals surface area (Å²) in [4.78, 5) is 33.7. The van der Waals surface area contributed by atoms with Crippen LogP contribution in [-0.4, -0.2) is 24.5 Å². The molecule has 0 unspecified atom stereocenters. The highest BCUT2D eigenvalue weighted by Gasteiger charge is 2.31. The Morgan fingerprint density at radius 2 is 2.11 bits per heavy atom. The molecular weight excluding hydrogens is 236 g/mol. The van der Waals surface area contributed by atoms with Crippen LogP contribution >= 0.6 is 0 Å². The Kier molecular flexibility index (Phi) is 3.23. The van der Waals surface area contributed by atoms with E-state index in [-0.39, 0.29) is 17.7 Å². The third kappa shape index (κ3) is 2.15. The standard InChI is InChI=1S/C13H10O5/c1-2-10(14)17-7-6-8-4-3-5-9-11(8)13(16)18-12(9)15/h2-5H,1,6-7H2. The molecule has 1 aromatic carbocycles. The van der Waals surface area contributed by atoms with E-state index in [0.717, 1.165) is 6.08 Å². The maximum absolute atomic E-state index is 11.5. The van der Waals surface area contributed by atoms with Gasteiger partial charge >= 0.3 is 17.9 Å². The summed E-state index contributed by atoms with van der Waals surface area (Å²) in [6.07, 6.45) is 1.40. The first-order chi connectivity index (χ1) is 8.63. The SMILES string of the molecule is C=CC(=O)OCCc1cccc2c1C(=O)OC2=O. The molecule has 5 heteroatoms. The van der Waals surface area contributed by atoms with Gasteiger partial charge in [-0.1, -0.05) is 18.7 Å². The van der Waals surface area contributed by atoms with Gasteiger partial charge in [0.25, 0.3) is 0 Å². The molecule has 0 N–H and O–H groups in total. The summed E-state index contributed by atoms with van der Waals surface area (Å²) in [5.74, 6) is -1.82. The van der Waals surface area contributed by atoms with Crippen LogP contribution in [0.5, 0.6) is 0 Å². The first-order valence-electron chi connectivity index (χ1n) is 5.31. The van der Waals surface area contributed by atoms with Gasteiger partial charge in [-0.15, -0.1) is 0 Å². The summed E-state index contributed by atoms with van der Waals surface area (Å²) in [5, 5.41) is 0. The fraction of sp³-hybridized carbons (Fsp3) is 0.154. The van der Waals surface area contributed by atoms with Crippen LogP contribution in [0.4, 0.5) is 0 Å². The molecule has 1 aliphatic rings. The minimum Gasteiger partial charge on any atom is -0.462 e. The number of hydrogen-bond acceptors (Lipinski definition) is 5. The van der Waals surface area contributed by atoms with Crippen molar-refractivity contribution in [1.82, 2.24) is 0 Å². The van der Waals surface area contributed by atoms with E-state index in [1.165, 1.54) is 6.07 Å². The van der Waals surface area contributed by atoms with Crippen molar-refractivity contribution in [1.29, 1.82) is 0 Å². The van der Waals surface area contributed by atoms with E-state index in [0.29, 0.717) is 12.0 Å². The second-order valence-electron chi connectivity index (χ2n) is 3.64. The van der Waals surface area contributed by atoms with Gasteiger partial charge in [0, 0.05) is 12.5 Å². The number of benzene rings is 1. The van der Waals surface area contributed by atoms with Gasteiger partial charge in [0.1, 0.15) is 0 Å². The number of carbonyl (C=O) groups is 3. The van der Waals surface area contributed by atoms with Crippen molar-refractivity contribution >= 4 is 17.9 Å². The lowest BCUT2D eigenvalue weighted by molar-refractivity contribution is -0.137. The van der Waals surface area contributed by atoms with Crippen LogP contribution in [-0.2, 0) is 20.7 Å². The fourth-order valence-corrected chi connectivity index (χ4v) is 1.73. The Labute approximate surface area is 103 Å². The molecule has 5 nitrogen and oxygen atoms in total. The molecule has 18 heavy (non-hydrogen) atoms. The first kappa shape index (κ1) is 12.0. The van der Waals surface area contributed by atoms with E-state index in [2.05, 4.69) is 11.3 Å². The molecule has 0 radical (unpaired) electrons. The molecule has 1 aromatic rings. The lowest BCUT2D eigenvalue weighted by Gasteiger charge is -2.05. The summed E-state index contributed by atoms with van der Waals surface area (Å²) >= 11 is 0. The maximum atomic E-state index is 11.5. The van der Waals surface area contributed by atoms with Crippen molar-refractivity contribution in [2.45, 2.75) is 6.42 Å². The summed E-state index contributed by atoms with van der Waals surface area (Å²) in [6.45, 7) is 3.39. The molecule has 0 fully saturated rings. The Bertz CT molecular complexity index is 544. The second kappa shape index (κ2) is 4.83. The van der Waals surface area contributed by atoms with Crippen molar-refractivity contribution in [3.05, 3.63) is 47.5 Å². The van der Waals surface area contributed by atoms with E-state index in [1.807, 2.05) is 0 Å². The van der Waals surface area contributed by atoms with Crippen LogP contribution in [0.2, 0.25) is 0 Å². The molecule has 1 aliphatic heterocycles. The van der Waals surface area contributed by atoms with Gasteiger partial charge in [-0.25, -0.2) is 14.4 Å². The molecule has 0 atom stereocenters. The highest BCUT2D eigenvalue weighted by molar-refractivity contribution is 6.15. The zero-order chi connectivity index (χ0) is 13.1. The first-order valence-corrected chi connectivity index (χ1v) is 5.31. The van der Waals surface area contributed by atoms with E-state index in [4.69, 9.17) is 4.74 Å². The van der Waals surface area contributed by atoms with Gasteiger partial charge in [0.2, 0.25) is 0 Å². The van der Waals surface area contributed by atoms with E-state index in [1.54, 1.807) is 12.1 Å². The summed E-state index contributed by atoms with van der Waals surface area (Å²) < 4.78 is 9.34. The average molecular weight is 246 g/mol. The number of esters is 3. The quantitative estimate of drug-likeness (QED) is 0.454. The largest absolute Gasteiger partial charge is 0.462 e. The van der Waals surface area contributed by atoms with Gasteiger partial charge in [0.05, 0.1) is 17.7 Å². The van der Waals surface area contributed by atoms with Gasteiger partial charge < -0.3 is 9.47 Å². The number of carbonyl (C=O) groups excluding carboxylic acids is 3. The molecule has 0 bridgehead atoms. The number of rotatable bonds is 4. The predicted octanol–water partition coefficient (Wildman–Crippen LogP) is 1.27. The second-order valence-corrected chi connectivity index (χ2v) is 3.64. The normalized spacial score (nSPS) is 12.9. The molecule has 2 rings (SSSR count). The van der Waals surface area contributed by atoms with Gasteiger partial charge in [-0.05, 0) is 11.6 Å². The number of hydrogen-bond donors (Lipinski definition) is 0. The zero-order valence-corrected chi connectivity index (χ0v) is 9.47. The summed E-state index contributed by atoms with van der Waals surface area (Å²) in [6, 6.07) is 4.88. The minimum absolute atomic E-state index is 0.114. The van der Waals surface area contributed by atoms with Crippen LogP contribution in [0.3, 0.4) is 0 Å². The third-order valence-electron chi connectivity index (χ3n) is 2.54. The van der Waals surface area contributed by atoms with Crippen LogP contribution in [0.1, 0.15) is 26.3 Å². The Hall–Kier alpha value is -2.43. The molecular formula is C13H10O5. The zero-order valence-electron chi connectivity index (χ0n) is 9.47. The van der Waals surface area contributed by atoms with Crippen LogP contribution in [0.25, 0.3) is 0 Å². The van der Waals surface area contributed by atoms with Crippen molar-refractivity contribution in [3.63, 3.8) is 0 Å². The molecule has 0 aliphatic carbocycles. The molecule has 0 spiro atoms. The van der Waals surface area contributed by atoms with Crippen molar-refractivity contribution < 1.29 is 23.9 Å².